The van der Waals surface area contributed by atoms with Gasteiger partial charge in [-0.3, -0.25) is 0 Å². The van der Waals surface area contributed by atoms with Crippen molar-refractivity contribution < 1.29 is 14.6 Å². The zero-order valence-electron chi connectivity index (χ0n) is 11.7. The average molecular weight is 256 g/mol. The van der Waals surface area contributed by atoms with Crippen molar-refractivity contribution in [1.82, 2.24) is 0 Å². The molecule has 0 aliphatic carbocycles. The fourth-order valence-electron chi connectivity index (χ4n) is 2.06. The van der Waals surface area contributed by atoms with E-state index < -0.39 is 6.16 Å². The van der Waals surface area contributed by atoms with Crippen LogP contribution in [0.5, 0.6) is 0 Å². The molecular formula is C15H28O3. The molecule has 0 amide bonds. The van der Waals surface area contributed by atoms with Gasteiger partial charge < -0.3 is 9.84 Å². The van der Waals surface area contributed by atoms with E-state index >= 15 is 0 Å². The van der Waals surface area contributed by atoms with Crippen LogP contribution in [0.15, 0.2) is 12.7 Å². The monoisotopic (exact) mass is 256 g/mol. The van der Waals surface area contributed by atoms with Crippen molar-refractivity contribution in [3.05, 3.63) is 12.7 Å². The number of rotatable bonds is 12. The minimum atomic E-state index is -1.18. The Kier molecular flexibility index (Phi) is 11.8. The smallest absolute Gasteiger partial charge is 0.450 e. The van der Waals surface area contributed by atoms with Crippen molar-refractivity contribution in [2.75, 3.05) is 0 Å². The van der Waals surface area contributed by atoms with Crippen LogP contribution < -0.4 is 0 Å². The largest absolute Gasteiger partial charge is 0.506 e. The molecule has 0 aromatic rings. The summed E-state index contributed by atoms with van der Waals surface area (Å²) in [4.78, 5) is 10.5. The van der Waals surface area contributed by atoms with E-state index in [0.717, 1.165) is 12.8 Å². The molecule has 18 heavy (non-hydrogen) atoms. The summed E-state index contributed by atoms with van der Waals surface area (Å²) in [5, 5.41) is 8.58. The molecule has 0 saturated heterocycles. The van der Waals surface area contributed by atoms with Crippen LogP contribution in [0.3, 0.4) is 0 Å². The molecule has 0 aromatic carbocycles. The lowest BCUT2D eigenvalue weighted by atomic mass is 10.0. The molecule has 0 aromatic heterocycles. The normalized spacial score (nSPS) is 12.1. The van der Waals surface area contributed by atoms with Gasteiger partial charge in [0.05, 0.1) is 0 Å². The highest BCUT2D eigenvalue weighted by Crippen LogP contribution is 2.14. The maximum absolute atomic E-state index is 10.5. The quantitative estimate of drug-likeness (QED) is 0.298. The predicted octanol–water partition coefficient (Wildman–Crippen LogP) is 5.16. The highest BCUT2D eigenvalue weighted by Gasteiger charge is 2.11. The van der Waals surface area contributed by atoms with Crippen LogP contribution in [0, 0.1) is 0 Å². The molecule has 0 rings (SSSR count). The third-order valence-corrected chi connectivity index (χ3v) is 3.08. The Bertz CT molecular complexity index is 214. The molecule has 0 aliphatic rings. The van der Waals surface area contributed by atoms with E-state index in [1.807, 2.05) is 0 Å². The van der Waals surface area contributed by atoms with Crippen molar-refractivity contribution in [3.8, 4) is 0 Å². The lowest BCUT2D eigenvalue weighted by Crippen LogP contribution is -2.15. The fraction of sp³-hybridized carbons (Fsp3) is 0.800. The first-order valence-electron chi connectivity index (χ1n) is 7.21. The minimum absolute atomic E-state index is 0.208. The van der Waals surface area contributed by atoms with Gasteiger partial charge in [-0.05, 0) is 12.8 Å². The fourth-order valence-corrected chi connectivity index (χ4v) is 2.06. The molecule has 0 fully saturated rings. The summed E-state index contributed by atoms with van der Waals surface area (Å²) in [5.41, 5.74) is 0. The number of carbonyl (C=O) groups is 1. The van der Waals surface area contributed by atoms with Crippen LogP contribution in [-0.2, 0) is 4.74 Å². The third-order valence-electron chi connectivity index (χ3n) is 3.08. The third kappa shape index (κ3) is 11.5. The summed E-state index contributed by atoms with van der Waals surface area (Å²) >= 11 is 0. The average Bonchev–Trinajstić information content (AvgIpc) is 2.32. The molecule has 3 nitrogen and oxygen atoms in total. The predicted molar refractivity (Wildman–Crippen MR) is 74.9 cm³/mol. The second-order valence-electron chi connectivity index (χ2n) is 4.79. The molecule has 0 heterocycles. The first kappa shape index (κ1) is 17.0. The maximum Gasteiger partial charge on any atom is 0.506 e. The van der Waals surface area contributed by atoms with Crippen LogP contribution in [0.2, 0.25) is 0 Å². The van der Waals surface area contributed by atoms with Gasteiger partial charge in [0.15, 0.2) is 0 Å². The van der Waals surface area contributed by atoms with Gasteiger partial charge in [-0.15, -0.1) is 6.58 Å². The molecule has 3 heteroatoms. The van der Waals surface area contributed by atoms with Crippen LogP contribution in [0.25, 0.3) is 0 Å². The molecule has 1 unspecified atom stereocenters. The summed E-state index contributed by atoms with van der Waals surface area (Å²) in [5.74, 6) is 0. The van der Waals surface area contributed by atoms with Gasteiger partial charge in [0.1, 0.15) is 6.10 Å². The highest BCUT2D eigenvalue weighted by molar-refractivity contribution is 5.57. The molecule has 0 aliphatic heterocycles. The Morgan fingerprint density at radius 3 is 2.22 bits per heavy atom. The molecule has 0 bridgehead atoms. The highest BCUT2D eigenvalue weighted by atomic mass is 16.7. The zero-order chi connectivity index (χ0) is 13.6. The first-order chi connectivity index (χ1) is 8.70. The summed E-state index contributed by atoms with van der Waals surface area (Å²) < 4.78 is 4.80. The molecule has 0 spiro atoms. The molecule has 106 valence electrons. The zero-order valence-corrected chi connectivity index (χ0v) is 11.7. The number of hydrogen-bond acceptors (Lipinski definition) is 2. The maximum atomic E-state index is 10.5. The molecule has 1 N–H and O–H groups in total. The first-order valence-corrected chi connectivity index (χ1v) is 7.21. The standard InChI is InChI=1S/C15H28O3/c1-3-5-6-7-8-9-10-11-13-14(12-4-2)18-15(16)17/h4,14H,2-3,5-13H2,1H3,(H,16,17). The van der Waals surface area contributed by atoms with E-state index in [4.69, 9.17) is 9.84 Å². The van der Waals surface area contributed by atoms with Gasteiger partial charge in [0, 0.05) is 6.42 Å². The van der Waals surface area contributed by atoms with Gasteiger partial charge in [-0.25, -0.2) is 4.79 Å². The Hall–Kier alpha value is -0.990. The topological polar surface area (TPSA) is 46.5 Å². The van der Waals surface area contributed by atoms with E-state index in [1.165, 1.54) is 44.9 Å². The Morgan fingerprint density at radius 1 is 1.17 bits per heavy atom. The Balaban J connectivity index is 3.42. The van der Waals surface area contributed by atoms with Gasteiger partial charge in [0.2, 0.25) is 0 Å². The van der Waals surface area contributed by atoms with Crippen LogP contribution >= 0.6 is 0 Å². The van der Waals surface area contributed by atoms with Crippen LogP contribution in [0.1, 0.15) is 71.1 Å². The number of carboxylic acid groups (broad SMARTS) is 1. The minimum Gasteiger partial charge on any atom is -0.450 e. The van der Waals surface area contributed by atoms with Gasteiger partial charge in [-0.2, -0.15) is 0 Å². The molecule has 0 saturated carbocycles. The van der Waals surface area contributed by atoms with E-state index in [9.17, 15) is 4.79 Å². The number of hydrogen-bond donors (Lipinski definition) is 1. The summed E-state index contributed by atoms with van der Waals surface area (Å²) in [7, 11) is 0. The summed E-state index contributed by atoms with van der Waals surface area (Å²) in [6, 6.07) is 0. The van der Waals surface area contributed by atoms with Gasteiger partial charge in [-0.1, -0.05) is 57.9 Å². The molecule has 1 atom stereocenters. The van der Waals surface area contributed by atoms with Gasteiger partial charge in [0.25, 0.3) is 0 Å². The lowest BCUT2D eigenvalue weighted by molar-refractivity contribution is 0.0483. The SMILES string of the molecule is C=CCC(CCCCCCCCCC)OC(=O)O. The van der Waals surface area contributed by atoms with Crippen LogP contribution in [-0.4, -0.2) is 17.4 Å². The van der Waals surface area contributed by atoms with Gasteiger partial charge >= 0.3 is 6.16 Å². The Labute approximate surface area is 111 Å². The second kappa shape index (κ2) is 12.5. The van der Waals surface area contributed by atoms with Crippen molar-refractivity contribution in [1.29, 1.82) is 0 Å². The number of unbranched alkanes of at least 4 members (excludes halogenated alkanes) is 7. The Morgan fingerprint density at radius 2 is 1.72 bits per heavy atom. The van der Waals surface area contributed by atoms with Crippen molar-refractivity contribution in [3.63, 3.8) is 0 Å². The molecule has 0 radical (unpaired) electrons. The van der Waals surface area contributed by atoms with E-state index in [0.29, 0.717) is 6.42 Å². The van der Waals surface area contributed by atoms with E-state index in [2.05, 4.69) is 13.5 Å². The van der Waals surface area contributed by atoms with E-state index in [-0.39, 0.29) is 6.10 Å². The van der Waals surface area contributed by atoms with Crippen molar-refractivity contribution in [2.45, 2.75) is 77.2 Å². The summed E-state index contributed by atoms with van der Waals surface area (Å²) in [6.45, 7) is 5.85. The van der Waals surface area contributed by atoms with E-state index in [1.54, 1.807) is 6.08 Å². The van der Waals surface area contributed by atoms with Crippen molar-refractivity contribution >= 4 is 6.16 Å². The van der Waals surface area contributed by atoms with Crippen molar-refractivity contribution in [2.24, 2.45) is 0 Å². The second-order valence-corrected chi connectivity index (χ2v) is 4.79. The summed E-state index contributed by atoms with van der Waals surface area (Å²) in [6.07, 6.45) is 11.8. The molecular weight excluding hydrogens is 228 g/mol. The number of ether oxygens (including phenoxy) is 1. The van der Waals surface area contributed by atoms with Crippen LogP contribution in [0.4, 0.5) is 4.79 Å². The lowest BCUT2D eigenvalue weighted by Gasteiger charge is -2.13.